The van der Waals surface area contributed by atoms with E-state index in [2.05, 4.69) is 0 Å². The summed E-state index contributed by atoms with van der Waals surface area (Å²) in [6.07, 6.45) is 3.40. The Balaban J connectivity index is 2.76. The molecule has 0 fully saturated rings. The normalized spacial score (nSPS) is 11.1. The molecule has 1 aromatic rings. The highest BCUT2D eigenvalue weighted by atomic mass is 16.5. The van der Waals surface area contributed by atoms with Gasteiger partial charge in [0.05, 0.1) is 7.11 Å². The number of carbonyl (C=O) groups excluding carboxylic acids is 1. The molecule has 0 N–H and O–H groups in total. The van der Waals surface area contributed by atoms with Gasteiger partial charge < -0.3 is 9.47 Å². The first-order chi connectivity index (χ1) is 8.21. The summed E-state index contributed by atoms with van der Waals surface area (Å²) in [5, 5.41) is 0. The number of methoxy groups -OCH3 is 1. The topological polar surface area (TPSA) is 35.5 Å². The number of hydrogen-bond acceptors (Lipinski definition) is 3. The number of ether oxygens (including phenoxy) is 2. The van der Waals surface area contributed by atoms with Crippen molar-refractivity contribution in [3.05, 3.63) is 35.9 Å². The summed E-state index contributed by atoms with van der Waals surface area (Å²) < 4.78 is 10.3. The van der Waals surface area contributed by atoms with Gasteiger partial charge in [0, 0.05) is 11.6 Å². The molecule has 0 aliphatic rings. The van der Waals surface area contributed by atoms with Gasteiger partial charge >= 0.3 is 5.97 Å². The Morgan fingerprint density at radius 1 is 1.29 bits per heavy atom. The minimum absolute atomic E-state index is 0.289. The Labute approximate surface area is 102 Å². The van der Waals surface area contributed by atoms with Gasteiger partial charge in [-0.2, -0.15) is 0 Å². The van der Waals surface area contributed by atoms with Gasteiger partial charge in [-0.1, -0.05) is 26.0 Å². The fourth-order valence-corrected chi connectivity index (χ4v) is 1.46. The molecule has 0 saturated heterocycles. The molecule has 17 heavy (non-hydrogen) atoms. The first-order valence-electron chi connectivity index (χ1n) is 5.76. The van der Waals surface area contributed by atoms with Crippen LogP contribution in [-0.2, 0) is 4.79 Å². The maximum Gasteiger partial charge on any atom is 0.339 e. The molecule has 0 saturated carbocycles. The lowest BCUT2D eigenvalue weighted by molar-refractivity contribution is -0.130. The number of carbonyl (C=O) groups is 1. The number of benzene rings is 1. The molecule has 1 rings (SSSR count). The molecule has 0 aliphatic heterocycles. The van der Waals surface area contributed by atoms with Crippen LogP contribution in [0, 0.1) is 0 Å². The fraction of sp³-hybridized carbons (Fsp3) is 0.357. The molecule has 0 atom stereocenters. The zero-order valence-corrected chi connectivity index (χ0v) is 10.5. The predicted octanol–water partition coefficient (Wildman–Crippen LogP) is 3.35. The van der Waals surface area contributed by atoms with Crippen LogP contribution in [0.4, 0.5) is 0 Å². The quantitative estimate of drug-likeness (QED) is 0.445. The summed E-state index contributed by atoms with van der Waals surface area (Å²) in [6.45, 7) is 3.93. The van der Waals surface area contributed by atoms with Crippen molar-refractivity contribution in [3.63, 3.8) is 0 Å². The third-order valence-corrected chi connectivity index (χ3v) is 2.35. The van der Waals surface area contributed by atoms with Crippen molar-refractivity contribution in [1.82, 2.24) is 0 Å². The summed E-state index contributed by atoms with van der Waals surface area (Å²) in [5.74, 6) is 0.889. The van der Waals surface area contributed by atoms with Crippen LogP contribution >= 0.6 is 0 Å². The highest BCUT2D eigenvalue weighted by Gasteiger charge is 2.09. The molecule has 3 nitrogen and oxygen atoms in total. The van der Waals surface area contributed by atoms with E-state index in [1.165, 1.54) is 0 Å². The summed E-state index contributed by atoms with van der Waals surface area (Å²) in [7, 11) is 1.58. The highest BCUT2D eigenvalue weighted by molar-refractivity contribution is 5.90. The molecule has 0 bridgehead atoms. The average molecular weight is 234 g/mol. The van der Waals surface area contributed by atoms with E-state index in [9.17, 15) is 4.79 Å². The van der Waals surface area contributed by atoms with Crippen LogP contribution in [0.3, 0.4) is 0 Å². The lowest BCUT2D eigenvalue weighted by Gasteiger charge is -2.07. The van der Waals surface area contributed by atoms with Gasteiger partial charge in [0.1, 0.15) is 11.5 Å². The maximum atomic E-state index is 11.8. The van der Waals surface area contributed by atoms with Gasteiger partial charge in [-0.15, -0.1) is 0 Å². The van der Waals surface area contributed by atoms with Gasteiger partial charge in [0.2, 0.25) is 0 Å². The van der Waals surface area contributed by atoms with Gasteiger partial charge in [0.15, 0.2) is 0 Å². The van der Waals surface area contributed by atoms with Gasteiger partial charge in [-0.05, 0) is 25.0 Å². The number of allylic oxidation sites excluding steroid dienone is 1. The number of hydrogen-bond donors (Lipinski definition) is 0. The summed E-state index contributed by atoms with van der Waals surface area (Å²) in [4.78, 5) is 11.8. The van der Waals surface area contributed by atoms with Crippen LogP contribution in [0.5, 0.6) is 11.5 Å². The van der Waals surface area contributed by atoms with Crippen molar-refractivity contribution in [1.29, 1.82) is 0 Å². The first kappa shape index (κ1) is 13.3. The molecule has 0 aliphatic carbocycles. The van der Waals surface area contributed by atoms with Crippen LogP contribution in [0.1, 0.15) is 26.7 Å². The predicted molar refractivity (Wildman–Crippen MR) is 67.3 cm³/mol. The summed E-state index contributed by atoms with van der Waals surface area (Å²) in [6, 6.07) is 7.02. The van der Waals surface area contributed by atoms with Crippen LogP contribution in [-0.4, -0.2) is 13.1 Å². The second-order valence-corrected chi connectivity index (χ2v) is 3.56. The second kappa shape index (κ2) is 6.74. The van der Waals surface area contributed by atoms with Crippen molar-refractivity contribution >= 4 is 5.97 Å². The number of rotatable bonds is 5. The Bertz CT molecular complexity index is 408. The van der Waals surface area contributed by atoms with Gasteiger partial charge in [-0.25, -0.2) is 4.79 Å². The van der Waals surface area contributed by atoms with E-state index in [4.69, 9.17) is 9.47 Å². The Hall–Kier alpha value is -1.77. The van der Waals surface area contributed by atoms with E-state index in [-0.39, 0.29) is 5.97 Å². The molecule has 1 aromatic carbocycles. The molecule has 3 heteroatoms. The Morgan fingerprint density at radius 3 is 2.59 bits per heavy atom. The van der Waals surface area contributed by atoms with Crippen LogP contribution in [0.25, 0.3) is 0 Å². The van der Waals surface area contributed by atoms with Crippen LogP contribution in [0.15, 0.2) is 35.9 Å². The molecule has 0 unspecified atom stereocenters. The van der Waals surface area contributed by atoms with E-state index in [0.29, 0.717) is 23.5 Å². The Kier molecular flexibility index (Phi) is 5.27. The fourth-order valence-electron chi connectivity index (χ4n) is 1.46. The summed E-state index contributed by atoms with van der Waals surface area (Å²) in [5.41, 5.74) is 0.704. The van der Waals surface area contributed by atoms with E-state index < -0.39 is 0 Å². The third kappa shape index (κ3) is 3.94. The molecule has 0 spiro atoms. The van der Waals surface area contributed by atoms with E-state index >= 15 is 0 Å². The first-order valence-corrected chi connectivity index (χ1v) is 5.76. The van der Waals surface area contributed by atoms with Crippen molar-refractivity contribution in [2.24, 2.45) is 0 Å². The molecule has 92 valence electrons. The molecule has 0 radical (unpaired) electrons. The van der Waals surface area contributed by atoms with Gasteiger partial charge in [0.25, 0.3) is 0 Å². The van der Waals surface area contributed by atoms with Crippen LogP contribution < -0.4 is 9.47 Å². The third-order valence-electron chi connectivity index (χ3n) is 2.35. The van der Waals surface area contributed by atoms with E-state index in [0.717, 1.165) is 6.42 Å². The zero-order valence-electron chi connectivity index (χ0n) is 10.5. The highest BCUT2D eigenvalue weighted by Crippen LogP contribution is 2.20. The minimum atomic E-state index is -0.289. The smallest absolute Gasteiger partial charge is 0.339 e. The molecule has 0 amide bonds. The van der Waals surface area contributed by atoms with E-state index in [1.54, 1.807) is 31.4 Å². The van der Waals surface area contributed by atoms with Crippen molar-refractivity contribution in [2.75, 3.05) is 7.11 Å². The molecular formula is C14H18O3. The SMILES string of the molecule is CCC=C(CC)C(=O)Oc1cccc(OC)c1. The standard InChI is InChI=1S/C14H18O3/c1-4-7-11(5-2)14(15)17-13-9-6-8-12(10-13)16-3/h6-10H,4-5H2,1-3H3. The lowest BCUT2D eigenvalue weighted by Crippen LogP contribution is -2.10. The monoisotopic (exact) mass is 234 g/mol. The number of esters is 1. The maximum absolute atomic E-state index is 11.8. The van der Waals surface area contributed by atoms with Crippen molar-refractivity contribution in [3.8, 4) is 11.5 Å². The average Bonchev–Trinajstić information content (AvgIpc) is 2.36. The van der Waals surface area contributed by atoms with E-state index in [1.807, 2.05) is 19.9 Å². The minimum Gasteiger partial charge on any atom is -0.497 e. The largest absolute Gasteiger partial charge is 0.497 e. The molecule has 0 aromatic heterocycles. The lowest BCUT2D eigenvalue weighted by atomic mass is 10.2. The van der Waals surface area contributed by atoms with Crippen molar-refractivity contribution in [2.45, 2.75) is 26.7 Å². The Morgan fingerprint density at radius 2 is 2.00 bits per heavy atom. The van der Waals surface area contributed by atoms with Gasteiger partial charge in [-0.3, -0.25) is 0 Å². The second-order valence-electron chi connectivity index (χ2n) is 3.56. The van der Waals surface area contributed by atoms with Crippen molar-refractivity contribution < 1.29 is 14.3 Å². The summed E-state index contributed by atoms with van der Waals surface area (Å²) >= 11 is 0. The zero-order chi connectivity index (χ0) is 12.7. The molecule has 0 heterocycles. The molecular weight excluding hydrogens is 216 g/mol. The van der Waals surface area contributed by atoms with Crippen LogP contribution in [0.2, 0.25) is 0 Å².